The van der Waals surface area contributed by atoms with Crippen LogP contribution in [-0.4, -0.2) is 192 Å². The van der Waals surface area contributed by atoms with E-state index >= 15 is 4.39 Å². The number of aromatic amines is 2. The first-order valence-corrected chi connectivity index (χ1v) is 46.3. The minimum absolute atomic E-state index is 0. The van der Waals surface area contributed by atoms with E-state index in [-0.39, 0.29) is 229 Å². The summed E-state index contributed by atoms with van der Waals surface area (Å²) in [5.41, 5.74) is 4.62. The normalized spacial score (nSPS) is 16.1. The van der Waals surface area contributed by atoms with E-state index in [1.165, 1.54) is 63.5 Å². The number of anilines is 4. The van der Waals surface area contributed by atoms with Gasteiger partial charge in [-0.2, -0.15) is 10.5 Å². The van der Waals surface area contributed by atoms with Crippen molar-refractivity contribution in [2.24, 2.45) is 0 Å². The van der Waals surface area contributed by atoms with Gasteiger partial charge >= 0.3 is 7.12 Å². The minimum atomic E-state index is -1.31. The number of morpholine rings is 3. The van der Waals surface area contributed by atoms with E-state index in [9.17, 15) is 44.4 Å². The van der Waals surface area contributed by atoms with Gasteiger partial charge in [0.1, 0.15) is 64.4 Å². The summed E-state index contributed by atoms with van der Waals surface area (Å²) in [5, 5.41) is 74.0. The largest absolute Gasteiger partial charge is 0.497 e. The number of aliphatic hydroxyl groups excluding tert-OH is 2. The number of aliphatic hydroxyl groups is 2. The lowest BCUT2D eigenvalue weighted by Gasteiger charge is -2.32. The highest BCUT2D eigenvalue weighted by Gasteiger charge is 2.53. The monoisotopic (exact) mass is 2250 g/mol. The molecule has 4 aliphatic heterocycles. The molecule has 0 saturated carbocycles. The van der Waals surface area contributed by atoms with E-state index in [1.807, 2.05) is 42.4 Å². The van der Waals surface area contributed by atoms with E-state index in [1.54, 1.807) is 30.3 Å². The Morgan fingerprint density at radius 3 is 1.38 bits per heavy atom. The van der Waals surface area contributed by atoms with Gasteiger partial charge in [-0.1, -0.05) is 130 Å². The van der Waals surface area contributed by atoms with Crippen molar-refractivity contribution in [1.29, 1.82) is 10.5 Å². The number of nitrogens with one attached hydrogen (secondary N) is 2. The van der Waals surface area contributed by atoms with E-state index in [2.05, 4.69) is 60.3 Å². The number of rotatable bonds is 13. The number of nitro benzene ring substituents is 2. The number of nitrogens with zero attached hydrogens (tertiary/aromatic N) is 17. The third-order valence-electron chi connectivity index (χ3n) is 21.0. The zero-order valence-electron chi connectivity index (χ0n) is 100. The fourth-order valence-electron chi connectivity index (χ4n) is 12.9. The first-order chi connectivity index (χ1) is 80.5. The van der Waals surface area contributed by atoms with Crippen molar-refractivity contribution in [3.8, 4) is 35.2 Å². The standard InChI is InChI=1S/C24H21ClFN5O3.C18H21BClFN2O4.C12H12ClN3O.C12H13N3O2.C8H5ClN2O.C7H3ClN2O2.C7H5ClN2.C6H3Cl2NO2.C6H4Cl2.CH4/c1-33-22-5-4-20(29-30-22)24(32)16-11-17(19(26)12-18(16)25)23-15-3-2-14(10-21(15)27-13-28-23)31-6-8-34-9-7-31;1-17(2)18(3,4)27-19(26-17)11-8-10(12(20)9-13(11)21)16(24)14-6-7-15(25-5)23-22-14;13-12-10-2-1-9(7-11(10)14-8-15-12)16-3-5-17-6-4-16;16-12-10-2-1-9(7-11(10)13-8-14-12)15-3-5-17-6-4-15;9-5-1-2-6-7(3-5)10-4-11-8(6)12;8-6-2-1-5(4-9)7(3-6)10(11)12;8-6-2-1-5(4-9)7(10)3-6;7-4-1-2-5(8)6(3-4)9(10)11;7-5-1-2-6(8)4-3-5;/h2-5,10-13,24,32H,6-9H2,1H3;6-9,16,24H,1-5H3;1-2,7-8H,3-6H2;1-2,7-8H,3-6H2,(H,13,14,16);1-4H,(H,10,11,12);1-3H;1-3H,10H2;1-3H;1-4H;1H4/i2D,3D;;1D,2D;1D,2D,7D;4*1D,2D,3D;1D,2D,3D,4D;. The predicted molar refractivity (Wildman–Crippen MR) is 575 cm³/mol. The van der Waals surface area contributed by atoms with Crippen molar-refractivity contribution >= 4 is 206 Å². The van der Waals surface area contributed by atoms with Gasteiger partial charge in [0.15, 0.2) is 0 Å². The van der Waals surface area contributed by atoms with Crippen molar-refractivity contribution in [1.82, 2.24) is 60.3 Å². The van der Waals surface area contributed by atoms with Crippen LogP contribution >= 0.6 is 116 Å². The molecule has 0 aliphatic carbocycles. The highest BCUT2D eigenvalue weighted by atomic mass is 35.5. The lowest BCUT2D eigenvalue weighted by Crippen LogP contribution is -2.41. The van der Waals surface area contributed by atoms with Crippen LogP contribution in [0.3, 0.4) is 0 Å². The number of halogens is 12. The van der Waals surface area contributed by atoms with Gasteiger partial charge in [-0.3, -0.25) is 29.8 Å². The molecule has 20 rings (SSSR count). The predicted octanol–water partition coefficient (Wildman–Crippen LogP) is 21.4. The Bertz CT molecular complexity index is 8920. The molecule has 4 aliphatic rings. The Balaban J connectivity index is 0.000000185. The van der Waals surface area contributed by atoms with Gasteiger partial charge in [-0.05, 0) is 197 Å². The second-order valence-corrected chi connectivity index (χ2v) is 34.7. The van der Waals surface area contributed by atoms with Gasteiger partial charge < -0.3 is 73.6 Å². The first kappa shape index (κ1) is 86.3. The van der Waals surface area contributed by atoms with E-state index in [0.29, 0.717) is 105 Å². The number of hydrogen-bond donors (Lipinski definition) is 5. The van der Waals surface area contributed by atoms with Crippen molar-refractivity contribution in [2.45, 2.75) is 58.5 Å². The highest BCUT2D eigenvalue weighted by Crippen LogP contribution is 2.41. The SMILES string of the molecule is C.COc1ccc(C(O)c2cc(B3OC(C)(C)C(C)(C)O3)c(F)cc2Cl)nn1.[2H]c1c(Cl)c([2H])c2nc[nH]c(=O)c2c1[2H].[2H]c1c(N2CCOCC2)c([2H])c2nc[nH]c(=O)c2c1[2H].[2H]c1c(N2CCOCC2)cc2ncnc(-c3cc(C(O)c4ccc(OC)nn4)c(Cl)cc3F)c2c1[2H].[2H]c1c(N2CCOCC2)cc2ncnc(Cl)c2c1[2H].[2H]c1c([2H])c(C#N)c(N)c([2H])c1Cl.[2H]c1c([2H])c(C#N)c([N+](=O)[O-])c([2H])c1Cl.[2H]c1c([2H])c(Cl)c([2H])c([2H])c1Cl.[2H]c1c([2H])c(Cl)c([N+](=O)[O-])c([2H])c1Cl. The lowest BCUT2D eigenvalue weighted by atomic mass is 9.77. The molecule has 6 aromatic heterocycles. The van der Waals surface area contributed by atoms with E-state index < -0.39 is 131 Å². The molecule has 4 fully saturated rings. The summed E-state index contributed by atoms with van der Waals surface area (Å²) in [5.74, 6) is -0.681. The van der Waals surface area contributed by atoms with Crippen LogP contribution in [0.25, 0.3) is 54.9 Å². The third kappa shape index (κ3) is 31.3. The summed E-state index contributed by atoms with van der Waals surface area (Å²) in [7, 11) is 2.00. The summed E-state index contributed by atoms with van der Waals surface area (Å²) in [6.45, 7) is 14.6. The molecule has 35 nitrogen and oxygen atoms in total. The maximum absolute atomic E-state index is 15.2. The average Bonchev–Trinajstić information content (AvgIpc) is 1.31. The van der Waals surface area contributed by atoms with Crippen LogP contribution in [0, 0.1) is 54.5 Å². The molecule has 6 N–H and O–H groups in total. The summed E-state index contributed by atoms with van der Waals surface area (Å²) in [6.07, 6.45) is 2.51. The number of H-pyrrole nitrogens is 2. The number of nitrogens with two attached hydrogens (primary N) is 1. The second-order valence-electron chi connectivity index (χ2n) is 30.8. The Morgan fingerprint density at radius 2 is 0.886 bits per heavy atom. The van der Waals surface area contributed by atoms with Crippen LogP contribution in [0.4, 0.5) is 42.9 Å². The summed E-state index contributed by atoms with van der Waals surface area (Å²) in [6, 6.07) is 11.1. The van der Waals surface area contributed by atoms with E-state index in [0.717, 1.165) is 31.5 Å². The van der Waals surface area contributed by atoms with Crippen LogP contribution in [0.5, 0.6) is 11.8 Å². The third-order valence-corrected chi connectivity index (χ3v) is 23.3. The fourth-order valence-corrected chi connectivity index (χ4v) is 14.5. The number of nitriles is 2. The van der Waals surface area contributed by atoms with Crippen LogP contribution in [0.2, 0.25) is 50.4 Å². The maximum atomic E-state index is 15.2. The molecule has 10 heterocycles. The molecule has 0 amide bonds. The highest BCUT2D eigenvalue weighted by molar-refractivity contribution is 6.62. The molecular weight excluding hydrogens is 2140 g/mol. The Labute approximate surface area is 933 Å². The molecule has 772 valence electrons. The van der Waals surface area contributed by atoms with Gasteiger partial charge in [0.05, 0.1) is 180 Å². The summed E-state index contributed by atoms with van der Waals surface area (Å²) < 4.78 is 242. The number of nitro groups is 2. The molecule has 10 aromatic carbocycles. The Morgan fingerprint density at radius 1 is 0.477 bits per heavy atom. The maximum Gasteiger partial charge on any atom is 0.497 e. The molecule has 149 heavy (non-hydrogen) atoms. The molecule has 0 spiro atoms. The van der Waals surface area contributed by atoms with E-state index in [4.69, 9.17) is 197 Å². The number of fused-ring (bicyclic) bond motifs is 4. The number of methoxy groups -OCH3 is 2. The Kier molecular flexibility index (Phi) is 31.6. The average molecular weight is 2250 g/mol. The molecular formula is C101H91BCl10F2N20O15. The van der Waals surface area contributed by atoms with Crippen molar-refractivity contribution in [2.75, 3.05) is 114 Å². The molecule has 0 radical (unpaired) electrons. The smallest absolute Gasteiger partial charge is 0.480 e. The second kappa shape index (κ2) is 54.6. The quantitative estimate of drug-likeness (QED) is 0.0235. The van der Waals surface area contributed by atoms with Crippen molar-refractivity contribution < 1.29 is 93.4 Å². The number of benzene rings is 10. The lowest BCUT2D eigenvalue weighted by molar-refractivity contribution is -0.385. The summed E-state index contributed by atoms with van der Waals surface area (Å²) in [4.78, 5) is 77.2. The molecule has 16 aromatic rings. The molecule has 4 saturated heterocycles. The number of ether oxygens (including phenoxy) is 5. The Hall–Kier alpha value is -13.6. The van der Waals surface area contributed by atoms with Gasteiger partial charge in [0, 0.05) is 154 Å². The van der Waals surface area contributed by atoms with Crippen molar-refractivity contribution in [3.05, 3.63) is 362 Å². The first-order valence-electron chi connectivity index (χ1n) is 54.0. The summed E-state index contributed by atoms with van der Waals surface area (Å²) >= 11 is 57.0. The van der Waals surface area contributed by atoms with Crippen molar-refractivity contribution in [3.63, 3.8) is 0 Å². The zero-order chi connectivity index (χ0) is 127. The molecule has 2 atom stereocenters. The van der Waals surface area contributed by atoms with Crippen LogP contribution in [-0.2, 0) is 23.5 Å². The van der Waals surface area contributed by atoms with Gasteiger partial charge in [-0.15, -0.1) is 20.4 Å². The van der Waals surface area contributed by atoms with Gasteiger partial charge in [0.25, 0.3) is 22.5 Å². The van der Waals surface area contributed by atoms with Crippen LogP contribution in [0.15, 0.2) is 235 Å². The number of nitrogen functional groups attached to an aromatic ring is 1. The van der Waals surface area contributed by atoms with Gasteiger partial charge in [-0.25, -0.2) is 38.7 Å². The number of hydrogen-bond acceptors (Lipinski definition) is 31. The fraction of sp³-hybridized carbons (Fsp3) is 0.228. The minimum Gasteiger partial charge on any atom is -0.480 e. The van der Waals surface area contributed by atoms with Crippen LogP contribution in [0.1, 0.15) is 112 Å². The zero-order valence-corrected chi connectivity index (χ0v) is 84.8. The number of aromatic nitrogens is 12. The topological polar surface area (TPSA) is 469 Å². The molecule has 0 bridgehead atoms. The van der Waals surface area contributed by atoms with Crippen LogP contribution < -0.4 is 46.5 Å². The van der Waals surface area contributed by atoms with Gasteiger partial charge in [0.2, 0.25) is 11.8 Å². The molecule has 48 heteroatoms. The molecule has 2 unspecified atom stereocenters.